The number of aliphatic carboxylic acids is 1. The van der Waals surface area contributed by atoms with Crippen LogP contribution in [0.15, 0.2) is 29.1 Å². The molecule has 0 saturated carbocycles. The average molecular weight is 322 g/mol. The Kier molecular flexibility index (Phi) is 5.35. The summed E-state index contributed by atoms with van der Waals surface area (Å²) in [6.45, 7) is 2.72. The topological polar surface area (TPSA) is 82.6 Å². The summed E-state index contributed by atoms with van der Waals surface area (Å²) >= 11 is 1.09. The molecule has 2 rings (SSSR count). The van der Waals surface area contributed by atoms with E-state index in [-0.39, 0.29) is 11.4 Å². The zero-order valence-electron chi connectivity index (χ0n) is 12.5. The maximum absolute atomic E-state index is 11.7. The van der Waals surface area contributed by atoms with Gasteiger partial charge in [-0.1, -0.05) is 23.5 Å². The first-order chi connectivity index (χ1) is 10.5. The summed E-state index contributed by atoms with van der Waals surface area (Å²) < 4.78 is 5.60. The van der Waals surface area contributed by atoms with E-state index in [4.69, 9.17) is 9.84 Å². The van der Waals surface area contributed by atoms with Gasteiger partial charge in [0, 0.05) is 17.0 Å². The molecule has 6 nitrogen and oxygen atoms in total. The Morgan fingerprint density at radius 3 is 2.82 bits per heavy atom. The predicted octanol–water partition coefficient (Wildman–Crippen LogP) is 2.02. The molecule has 1 aromatic heterocycles. The van der Waals surface area contributed by atoms with Gasteiger partial charge in [0.05, 0.1) is 18.8 Å². The van der Waals surface area contributed by atoms with Gasteiger partial charge >= 0.3 is 10.8 Å². The van der Waals surface area contributed by atoms with Crippen LogP contribution in [-0.4, -0.2) is 41.2 Å². The van der Waals surface area contributed by atoms with Crippen LogP contribution in [0.5, 0.6) is 5.75 Å². The lowest BCUT2D eigenvalue weighted by Gasteiger charge is -2.15. The van der Waals surface area contributed by atoms with E-state index < -0.39 is 5.97 Å². The normalized spacial score (nSPS) is 10.9. The van der Waals surface area contributed by atoms with E-state index in [0.29, 0.717) is 24.6 Å². The molecule has 118 valence electrons. The minimum Gasteiger partial charge on any atom is -0.493 e. The van der Waals surface area contributed by atoms with Gasteiger partial charge in [-0.2, -0.15) is 0 Å². The van der Waals surface area contributed by atoms with Crippen LogP contribution in [-0.2, 0) is 11.3 Å². The molecule has 7 heteroatoms. The summed E-state index contributed by atoms with van der Waals surface area (Å²) in [5.41, 5.74) is 1.50. The Labute approximate surface area is 132 Å². The van der Waals surface area contributed by atoms with Crippen molar-refractivity contribution in [2.24, 2.45) is 0 Å². The van der Waals surface area contributed by atoms with Crippen LogP contribution >= 0.6 is 11.3 Å². The number of hydrogen-bond acceptors (Lipinski definition) is 5. The van der Waals surface area contributed by atoms with Crippen LogP contribution in [0, 0.1) is 0 Å². The average Bonchev–Trinajstić information content (AvgIpc) is 2.79. The van der Waals surface area contributed by atoms with Gasteiger partial charge in [-0.05, 0) is 26.1 Å². The molecule has 0 radical (unpaired) electrons. The molecule has 0 unspecified atom stereocenters. The van der Waals surface area contributed by atoms with E-state index in [1.54, 1.807) is 11.9 Å². The highest BCUT2D eigenvalue weighted by molar-refractivity contribution is 7.09. The number of aromatic nitrogens is 1. The van der Waals surface area contributed by atoms with Crippen LogP contribution in [0.3, 0.4) is 0 Å². The van der Waals surface area contributed by atoms with Crippen molar-refractivity contribution in [2.75, 3.05) is 20.2 Å². The Balaban J connectivity index is 2.36. The Bertz CT molecular complexity index is 708. The van der Waals surface area contributed by atoms with Gasteiger partial charge in [0.1, 0.15) is 5.75 Å². The second kappa shape index (κ2) is 7.24. The van der Waals surface area contributed by atoms with Gasteiger partial charge in [-0.3, -0.25) is 14.5 Å². The molecular formula is C15H18N2O4S. The minimum absolute atomic E-state index is 0.0847. The predicted molar refractivity (Wildman–Crippen MR) is 85.5 cm³/mol. The summed E-state index contributed by atoms with van der Waals surface area (Å²) in [6.07, 6.45) is 0. The fourth-order valence-electron chi connectivity index (χ4n) is 2.18. The summed E-state index contributed by atoms with van der Waals surface area (Å²) in [5.74, 6) is -0.206. The van der Waals surface area contributed by atoms with Crippen molar-refractivity contribution < 1.29 is 14.6 Å². The van der Waals surface area contributed by atoms with Gasteiger partial charge < -0.3 is 14.8 Å². The van der Waals surface area contributed by atoms with Crippen molar-refractivity contribution in [2.45, 2.75) is 13.5 Å². The van der Waals surface area contributed by atoms with Crippen LogP contribution in [0.2, 0.25) is 0 Å². The van der Waals surface area contributed by atoms with E-state index >= 15 is 0 Å². The molecule has 0 bridgehead atoms. The number of nitrogens with zero attached hydrogens (tertiary/aromatic N) is 1. The molecule has 0 fully saturated rings. The van der Waals surface area contributed by atoms with Crippen molar-refractivity contribution in [1.82, 2.24) is 9.88 Å². The molecule has 0 aliphatic carbocycles. The maximum Gasteiger partial charge on any atom is 0.317 e. The number of aromatic amines is 1. The molecule has 1 heterocycles. The van der Waals surface area contributed by atoms with Crippen molar-refractivity contribution in [3.8, 4) is 17.0 Å². The second-order valence-corrected chi connectivity index (χ2v) is 5.88. The summed E-state index contributed by atoms with van der Waals surface area (Å²) in [4.78, 5) is 27.6. The maximum atomic E-state index is 11.7. The highest BCUT2D eigenvalue weighted by atomic mass is 32.1. The summed E-state index contributed by atoms with van der Waals surface area (Å²) in [7, 11) is 1.70. The van der Waals surface area contributed by atoms with Gasteiger partial charge in [-0.25, -0.2) is 0 Å². The number of likely N-dealkylation sites (N-methyl/N-ethyl adjacent to an activating group) is 1. The number of para-hydroxylation sites is 1. The zero-order chi connectivity index (χ0) is 16.1. The van der Waals surface area contributed by atoms with Crippen molar-refractivity contribution in [3.05, 3.63) is 38.8 Å². The molecule has 1 aromatic carbocycles. The van der Waals surface area contributed by atoms with Gasteiger partial charge in [0.15, 0.2) is 0 Å². The molecule has 0 saturated heterocycles. The van der Waals surface area contributed by atoms with E-state index in [1.807, 2.05) is 31.2 Å². The SMILES string of the molecule is CCOc1ccccc1-c1[nH]c(=O)sc1CN(C)CC(=O)O. The molecule has 2 aromatic rings. The van der Waals surface area contributed by atoms with Gasteiger partial charge in [0.25, 0.3) is 0 Å². The molecule has 0 amide bonds. The monoisotopic (exact) mass is 322 g/mol. The lowest BCUT2D eigenvalue weighted by atomic mass is 10.1. The van der Waals surface area contributed by atoms with E-state index in [2.05, 4.69) is 4.98 Å². The van der Waals surface area contributed by atoms with Crippen LogP contribution in [0.4, 0.5) is 0 Å². The first-order valence-electron chi connectivity index (χ1n) is 6.85. The molecule has 22 heavy (non-hydrogen) atoms. The van der Waals surface area contributed by atoms with Crippen molar-refractivity contribution in [3.63, 3.8) is 0 Å². The van der Waals surface area contributed by atoms with E-state index in [1.165, 1.54) is 0 Å². The third-order valence-corrected chi connectivity index (χ3v) is 3.86. The Morgan fingerprint density at radius 2 is 2.14 bits per heavy atom. The second-order valence-electron chi connectivity index (χ2n) is 4.81. The smallest absolute Gasteiger partial charge is 0.317 e. The van der Waals surface area contributed by atoms with Crippen LogP contribution in [0.25, 0.3) is 11.3 Å². The lowest BCUT2D eigenvalue weighted by Crippen LogP contribution is -2.24. The number of carboxylic acids is 1. The minimum atomic E-state index is -0.901. The summed E-state index contributed by atoms with van der Waals surface area (Å²) in [6, 6.07) is 7.47. The highest BCUT2D eigenvalue weighted by Crippen LogP contribution is 2.32. The van der Waals surface area contributed by atoms with Crippen LogP contribution in [0.1, 0.15) is 11.8 Å². The number of carbonyl (C=O) groups is 1. The summed E-state index contributed by atoms with van der Waals surface area (Å²) in [5, 5.41) is 8.84. The van der Waals surface area contributed by atoms with Gasteiger partial charge in [0.2, 0.25) is 0 Å². The number of ether oxygens (including phenoxy) is 1. The molecule has 0 aliphatic rings. The first-order valence-corrected chi connectivity index (χ1v) is 7.67. The molecule has 0 spiro atoms. The largest absolute Gasteiger partial charge is 0.493 e. The molecule has 0 atom stereocenters. The molecular weight excluding hydrogens is 304 g/mol. The first kappa shape index (κ1) is 16.3. The number of benzene rings is 1. The van der Waals surface area contributed by atoms with E-state index in [0.717, 1.165) is 21.8 Å². The lowest BCUT2D eigenvalue weighted by molar-refractivity contribution is -0.138. The highest BCUT2D eigenvalue weighted by Gasteiger charge is 2.16. The van der Waals surface area contributed by atoms with Gasteiger partial charge in [-0.15, -0.1) is 0 Å². The number of H-pyrrole nitrogens is 1. The fourth-order valence-corrected chi connectivity index (χ4v) is 3.10. The number of hydrogen-bond donors (Lipinski definition) is 2. The number of rotatable bonds is 7. The van der Waals surface area contributed by atoms with Crippen molar-refractivity contribution >= 4 is 17.3 Å². The van der Waals surface area contributed by atoms with Crippen molar-refractivity contribution in [1.29, 1.82) is 0 Å². The number of carboxylic acid groups (broad SMARTS) is 1. The number of thiazole rings is 1. The zero-order valence-corrected chi connectivity index (χ0v) is 13.3. The third kappa shape index (κ3) is 3.96. The standard InChI is InChI=1S/C15H18N2O4S/c1-3-21-11-7-5-4-6-10(11)14-12(22-15(20)16-14)8-17(2)9-13(18)19/h4-7H,3,8-9H2,1-2H3,(H,16,20)(H,18,19). The third-order valence-electron chi connectivity index (χ3n) is 3.00. The van der Waals surface area contributed by atoms with Crippen LogP contribution < -0.4 is 9.61 Å². The fraction of sp³-hybridized carbons (Fsp3) is 0.333. The Morgan fingerprint density at radius 1 is 1.41 bits per heavy atom. The molecule has 2 N–H and O–H groups in total. The van der Waals surface area contributed by atoms with E-state index in [9.17, 15) is 9.59 Å². The number of nitrogens with one attached hydrogen (secondary N) is 1. The Hall–Kier alpha value is -2.12. The molecule has 0 aliphatic heterocycles. The quantitative estimate of drug-likeness (QED) is 0.815.